The third-order valence-electron chi connectivity index (χ3n) is 5.24. The van der Waals surface area contributed by atoms with Crippen molar-refractivity contribution in [3.05, 3.63) is 42.0 Å². The van der Waals surface area contributed by atoms with Gasteiger partial charge in [-0.2, -0.15) is 0 Å². The van der Waals surface area contributed by atoms with Crippen LogP contribution in [0, 0.1) is 0 Å². The maximum Gasteiger partial charge on any atom is 0.318 e. The summed E-state index contributed by atoms with van der Waals surface area (Å²) in [5.41, 5.74) is 0.467. The monoisotopic (exact) mass is 370 g/mol. The predicted molar refractivity (Wildman–Crippen MR) is 101 cm³/mol. The molecule has 2 atom stereocenters. The minimum atomic E-state index is -0.504. The van der Waals surface area contributed by atoms with E-state index >= 15 is 0 Å². The van der Waals surface area contributed by atoms with Gasteiger partial charge in [0.05, 0.1) is 26.2 Å². The van der Waals surface area contributed by atoms with Crippen molar-refractivity contribution in [2.24, 2.45) is 0 Å². The maximum absolute atomic E-state index is 13.1. The van der Waals surface area contributed by atoms with Crippen molar-refractivity contribution in [1.29, 1.82) is 0 Å². The molecule has 3 heterocycles. The second-order valence-corrected chi connectivity index (χ2v) is 7.97. The van der Waals surface area contributed by atoms with Crippen LogP contribution in [0.5, 0.6) is 11.5 Å². The third-order valence-corrected chi connectivity index (χ3v) is 5.24. The number of hydrogen-bond acceptors (Lipinski definition) is 4. The number of ether oxygens (including phenoxy) is 2. The SMILES string of the molecule is COc1ccc2c(c1)OC(C)(C)CN(C(=O)NC1CC(C)n3ccnc31)C2. The molecule has 144 valence electrons. The molecule has 4 rings (SSSR count). The van der Waals surface area contributed by atoms with Gasteiger partial charge in [0.15, 0.2) is 0 Å². The Kier molecular flexibility index (Phi) is 4.25. The quantitative estimate of drug-likeness (QED) is 0.881. The fraction of sp³-hybridized carbons (Fsp3) is 0.500. The van der Waals surface area contributed by atoms with E-state index in [4.69, 9.17) is 9.47 Å². The first-order valence-corrected chi connectivity index (χ1v) is 9.30. The van der Waals surface area contributed by atoms with E-state index in [2.05, 4.69) is 21.8 Å². The van der Waals surface area contributed by atoms with E-state index in [0.717, 1.165) is 29.3 Å². The summed E-state index contributed by atoms with van der Waals surface area (Å²) in [7, 11) is 1.63. The highest BCUT2D eigenvalue weighted by Gasteiger charge is 2.35. The van der Waals surface area contributed by atoms with Crippen LogP contribution >= 0.6 is 0 Å². The number of amides is 2. The average Bonchev–Trinajstić information content (AvgIpc) is 3.16. The highest BCUT2D eigenvalue weighted by atomic mass is 16.5. The molecule has 1 aromatic carbocycles. The Bertz CT molecular complexity index is 861. The number of carbonyl (C=O) groups is 1. The van der Waals surface area contributed by atoms with E-state index in [1.165, 1.54) is 0 Å². The summed E-state index contributed by atoms with van der Waals surface area (Å²) in [6.07, 6.45) is 4.62. The zero-order valence-electron chi connectivity index (χ0n) is 16.2. The van der Waals surface area contributed by atoms with Crippen LogP contribution in [-0.4, -0.2) is 39.7 Å². The molecule has 1 aromatic heterocycles. The lowest BCUT2D eigenvalue weighted by Gasteiger charge is -2.30. The van der Waals surface area contributed by atoms with Gasteiger partial charge in [0, 0.05) is 30.1 Å². The van der Waals surface area contributed by atoms with Gasteiger partial charge in [-0.05, 0) is 39.3 Å². The maximum atomic E-state index is 13.1. The van der Waals surface area contributed by atoms with E-state index in [-0.39, 0.29) is 12.1 Å². The van der Waals surface area contributed by atoms with Crippen molar-refractivity contribution < 1.29 is 14.3 Å². The molecular weight excluding hydrogens is 344 g/mol. The molecule has 0 bridgehead atoms. The molecule has 27 heavy (non-hydrogen) atoms. The van der Waals surface area contributed by atoms with E-state index in [1.807, 2.05) is 43.1 Å². The smallest absolute Gasteiger partial charge is 0.318 e. The zero-order valence-corrected chi connectivity index (χ0v) is 16.2. The van der Waals surface area contributed by atoms with Crippen LogP contribution in [0.25, 0.3) is 0 Å². The molecule has 0 fully saturated rings. The second kappa shape index (κ2) is 6.48. The Hall–Kier alpha value is -2.70. The standard InChI is InChI=1S/C20H26N4O3/c1-13-9-16(18-21-7-8-24(13)18)22-19(25)23-11-14-5-6-15(26-4)10-17(14)27-20(2,3)12-23/h5-8,10,13,16H,9,11-12H2,1-4H3,(H,22,25). The molecule has 2 aliphatic rings. The first-order valence-electron chi connectivity index (χ1n) is 9.30. The Morgan fingerprint density at radius 1 is 1.41 bits per heavy atom. The Labute approximate surface area is 159 Å². The van der Waals surface area contributed by atoms with Gasteiger partial charge in [0.2, 0.25) is 0 Å². The number of imidazole rings is 1. The Morgan fingerprint density at radius 3 is 3.00 bits per heavy atom. The van der Waals surface area contributed by atoms with E-state index in [1.54, 1.807) is 13.3 Å². The Balaban J connectivity index is 1.55. The van der Waals surface area contributed by atoms with Crippen LogP contribution in [0.1, 0.15) is 50.7 Å². The first-order chi connectivity index (χ1) is 12.9. The molecule has 2 unspecified atom stereocenters. The number of carbonyl (C=O) groups excluding carboxylic acids is 1. The van der Waals surface area contributed by atoms with Gasteiger partial charge in [-0.15, -0.1) is 0 Å². The van der Waals surface area contributed by atoms with Crippen molar-refractivity contribution >= 4 is 6.03 Å². The summed E-state index contributed by atoms with van der Waals surface area (Å²) in [4.78, 5) is 19.3. The van der Waals surface area contributed by atoms with Crippen molar-refractivity contribution in [2.45, 2.75) is 51.4 Å². The van der Waals surface area contributed by atoms with E-state index in [0.29, 0.717) is 19.1 Å². The summed E-state index contributed by atoms with van der Waals surface area (Å²) < 4.78 is 13.6. The summed E-state index contributed by atoms with van der Waals surface area (Å²) in [5, 5.41) is 3.16. The lowest BCUT2D eigenvalue weighted by Crippen LogP contribution is -2.47. The van der Waals surface area contributed by atoms with E-state index < -0.39 is 5.60 Å². The number of benzene rings is 1. The number of urea groups is 1. The fourth-order valence-electron chi connectivity index (χ4n) is 3.97. The number of nitrogens with zero attached hydrogens (tertiary/aromatic N) is 3. The molecular formula is C20H26N4O3. The average molecular weight is 370 g/mol. The summed E-state index contributed by atoms with van der Waals surface area (Å²) in [6.45, 7) is 7.11. The molecule has 0 saturated heterocycles. The largest absolute Gasteiger partial charge is 0.497 e. The molecule has 7 heteroatoms. The molecule has 2 aliphatic heterocycles. The van der Waals surface area contributed by atoms with Crippen molar-refractivity contribution in [3.63, 3.8) is 0 Å². The van der Waals surface area contributed by atoms with Crippen LogP contribution in [0.15, 0.2) is 30.6 Å². The van der Waals surface area contributed by atoms with Crippen LogP contribution in [0.4, 0.5) is 4.79 Å². The number of rotatable bonds is 2. The molecule has 1 N–H and O–H groups in total. The number of methoxy groups -OCH3 is 1. The molecule has 0 spiro atoms. The van der Waals surface area contributed by atoms with Crippen LogP contribution in [0.3, 0.4) is 0 Å². The number of aromatic nitrogens is 2. The van der Waals surface area contributed by atoms with Crippen molar-refractivity contribution in [1.82, 2.24) is 19.8 Å². The molecule has 0 radical (unpaired) electrons. The molecule has 7 nitrogen and oxygen atoms in total. The minimum Gasteiger partial charge on any atom is -0.497 e. The van der Waals surface area contributed by atoms with Crippen LogP contribution in [-0.2, 0) is 6.54 Å². The highest BCUT2D eigenvalue weighted by molar-refractivity contribution is 5.75. The fourth-order valence-corrected chi connectivity index (χ4v) is 3.97. The second-order valence-electron chi connectivity index (χ2n) is 7.97. The molecule has 0 saturated carbocycles. The van der Waals surface area contributed by atoms with Gasteiger partial charge in [-0.1, -0.05) is 0 Å². The molecule has 2 aromatic rings. The number of hydrogen-bond donors (Lipinski definition) is 1. The topological polar surface area (TPSA) is 68.6 Å². The first kappa shape index (κ1) is 17.7. The summed E-state index contributed by atoms with van der Waals surface area (Å²) in [5.74, 6) is 2.43. The molecule has 0 aliphatic carbocycles. The summed E-state index contributed by atoms with van der Waals surface area (Å²) >= 11 is 0. The Morgan fingerprint density at radius 2 is 2.22 bits per heavy atom. The van der Waals surface area contributed by atoms with Crippen LogP contribution in [0.2, 0.25) is 0 Å². The van der Waals surface area contributed by atoms with Crippen molar-refractivity contribution in [2.75, 3.05) is 13.7 Å². The predicted octanol–water partition coefficient (Wildman–Crippen LogP) is 3.28. The third kappa shape index (κ3) is 3.34. The van der Waals surface area contributed by atoms with Gasteiger partial charge in [0.1, 0.15) is 22.9 Å². The highest BCUT2D eigenvalue weighted by Crippen LogP contribution is 2.35. The lowest BCUT2D eigenvalue weighted by atomic mass is 10.1. The van der Waals surface area contributed by atoms with Gasteiger partial charge >= 0.3 is 6.03 Å². The van der Waals surface area contributed by atoms with Gasteiger partial charge in [-0.3, -0.25) is 0 Å². The zero-order chi connectivity index (χ0) is 19.2. The number of nitrogens with one attached hydrogen (secondary N) is 1. The minimum absolute atomic E-state index is 0.0647. The van der Waals surface area contributed by atoms with Gasteiger partial charge in [-0.25, -0.2) is 9.78 Å². The van der Waals surface area contributed by atoms with Gasteiger partial charge < -0.3 is 24.3 Å². The summed E-state index contributed by atoms with van der Waals surface area (Å²) in [6, 6.07) is 5.92. The lowest BCUT2D eigenvalue weighted by molar-refractivity contribution is 0.0798. The molecule has 2 amide bonds. The van der Waals surface area contributed by atoms with Gasteiger partial charge in [0.25, 0.3) is 0 Å². The van der Waals surface area contributed by atoms with Crippen LogP contribution < -0.4 is 14.8 Å². The van der Waals surface area contributed by atoms with Crippen molar-refractivity contribution in [3.8, 4) is 11.5 Å². The normalized spacial score (nSPS) is 23.0. The van der Waals surface area contributed by atoms with E-state index in [9.17, 15) is 4.79 Å². The number of fused-ring (bicyclic) bond motifs is 2.